The van der Waals surface area contributed by atoms with Crippen molar-refractivity contribution in [3.63, 3.8) is 0 Å². The lowest BCUT2D eigenvalue weighted by molar-refractivity contribution is 0.171. The van der Waals surface area contributed by atoms with Crippen LogP contribution < -0.4 is 10.5 Å². The Hall–Kier alpha value is -1.13. The number of hydrogen-bond acceptors (Lipinski definition) is 4. The predicted molar refractivity (Wildman–Crippen MR) is 54.1 cm³/mol. The predicted octanol–water partition coefficient (Wildman–Crippen LogP) is 0.956. The van der Waals surface area contributed by atoms with E-state index in [9.17, 15) is 0 Å². The molecule has 2 N–H and O–H groups in total. The van der Waals surface area contributed by atoms with Gasteiger partial charge in [-0.15, -0.1) is 0 Å². The molecule has 0 saturated heterocycles. The molecule has 1 rings (SSSR count). The Bertz CT molecular complexity index is 266. The smallest absolute Gasteiger partial charge is 0.142 e. The maximum absolute atomic E-state index is 5.55. The fourth-order valence-electron chi connectivity index (χ4n) is 1.09. The Morgan fingerprint density at radius 2 is 2.29 bits per heavy atom. The zero-order chi connectivity index (χ0) is 10.2. The number of methoxy groups -OCH3 is 1. The van der Waals surface area contributed by atoms with Crippen molar-refractivity contribution in [2.24, 2.45) is 5.73 Å². The molecule has 0 radical (unpaired) electrons. The first kappa shape index (κ1) is 10.9. The third kappa shape index (κ3) is 3.32. The van der Waals surface area contributed by atoms with E-state index in [2.05, 4.69) is 4.98 Å². The quantitative estimate of drug-likeness (QED) is 0.688. The normalized spacial score (nSPS) is 10.1. The largest absolute Gasteiger partial charge is 0.492 e. The second kappa shape index (κ2) is 6.34. The monoisotopic (exact) mass is 196 g/mol. The summed E-state index contributed by atoms with van der Waals surface area (Å²) >= 11 is 0. The maximum atomic E-state index is 5.55. The van der Waals surface area contributed by atoms with Crippen molar-refractivity contribution >= 4 is 0 Å². The first-order valence-corrected chi connectivity index (χ1v) is 4.63. The zero-order valence-electron chi connectivity index (χ0n) is 8.40. The lowest BCUT2D eigenvalue weighted by Gasteiger charge is -2.08. The van der Waals surface area contributed by atoms with Gasteiger partial charge in [0.05, 0.1) is 12.8 Å². The van der Waals surface area contributed by atoms with Crippen LogP contribution in [-0.4, -0.2) is 25.3 Å². The van der Waals surface area contributed by atoms with Gasteiger partial charge in [0.1, 0.15) is 5.75 Å². The standard InChI is InChI=1S/C10H16N2O2/c1-13-5-2-6-14-10-8-12-4-3-9(10)7-11/h3-4,8H,2,5-7,11H2,1H3. The first-order valence-electron chi connectivity index (χ1n) is 4.63. The fraction of sp³-hybridized carbons (Fsp3) is 0.500. The van der Waals surface area contributed by atoms with Gasteiger partial charge >= 0.3 is 0 Å². The molecule has 1 heterocycles. The van der Waals surface area contributed by atoms with Crippen LogP contribution in [0, 0.1) is 0 Å². The summed E-state index contributed by atoms with van der Waals surface area (Å²) in [6.07, 6.45) is 4.27. The Balaban J connectivity index is 2.41. The summed E-state index contributed by atoms with van der Waals surface area (Å²) in [5.74, 6) is 0.770. The molecular weight excluding hydrogens is 180 g/mol. The minimum absolute atomic E-state index is 0.474. The number of nitrogens with zero attached hydrogens (tertiary/aromatic N) is 1. The molecule has 0 spiro atoms. The number of hydrogen-bond donors (Lipinski definition) is 1. The fourth-order valence-corrected chi connectivity index (χ4v) is 1.09. The van der Waals surface area contributed by atoms with Crippen LogP contribution in [0.15, 0.2) is 18.5 Å². The van der Waals surface area contributed by atoms with E-state index in [-0.39, 0.29) is 0 Å². The Morgan fingerprint density at radius 3 is 3.00 bits per heavy atom. The third-order valence-corrected chi connectivity index (χ3v) is 1.84. The van der Waals surface area contributed by atoms with Crippen LogP contribution in [0.25, 0.3) is 0 Å². The van der Waals surface area contributed by atoms with E-state index in [1.807, 2.05) is 6.07 Å². The van der Waals surface area contributed by atoms with Gasteiger partial charge in [0, 0.05) is 38.4 Å². The minimum atomic E-state index is 0.474. The lowest BCUT2D eigenvalue weighted by Crippen LogP contribution is -2.05. The van der Waals surface area contributed by atoms with Crippen molar-refractivity contribution in [2.75, 3.05) is 20.3 Å². The number of aromatic nitrogens is 1. The van der Waals surface area contributed by atoms with Crippen molar-refractivity contribution in [2.45, 2.75) is 13.0 Å². The molecular formula is C10H16N2O2. The van der Waals surface area contributed by atoms with Crippen molar-refractivity contribution in [3.05, 3.63) is 24.0 Å². The van der Waals surface area contributed by atoms with E-state index < -0.39 is 0 Å². The second-order valence-corrected chi connectivity index (χ2v) is 2.88. The summed E-state index contributed by atoms with van der Waals surface area (Å²) in [6, 6.07) is 1.87. The van der Waals surface area contributed by atoms with Gasteiger partial charge in [0.2, 0.25) is 0 Å². The van der Waals surface area contributed by atoms with Crippen LogP contribution in [0.1, 0.15) is 12.0 Å². The molecule has 14 heavy (non-hydrogen) atoms. The van der Waals surface area contributed by atoms with Crippen molar-refractivity contribution in [1.29, 1.82) is 0 Å². The molecule has 0 amide bonds. The molecule has 0 aliphatic carbocycles. The highest BCUT2D eigenvalue weighted by atomic mass is 16.5. The van der Waals surface area contributed by atoms with Crippen LogP contribution in [-0.2, 0) is 11.3 Å². The number of pyridine rings is 1. The Kier molecular flexibility index (Phi) is 4.96. The number of ether oxygens (including phenoxy) is 2. The second-order valence-electron chi connectivity index (χ2n) is 2.88. The summed E-state index contributed by atoms with van der Waals surface area (Å²) in [5.41, 5.74) is 6.53. The molecule has 0 aromatic carbocycles. The Labute approximate surface area is 84.0 Å². The van der Waals surface area contributed by atoms with Gasteiger partial charge in [-0.05, 0) is 6.07 Å². The van der Waals surface area contributed by atoms with Gasteiger partial charge in [-0.1, -0.05) is 0 Å². The Morgan fingerprint density at radius 1 is 1.43 bits per heavy atom. The van der Waals surface area contributed by atoms with Crippen LogP contribution in [0.3, 0.4) is 0 Å². The zero-order valence-corrected chi connectivity index (χ0v) is 8.40. The van der Waals surface area contributed by atoms with Crippen LogP contribution in [0.5, 0.6) is 5.75 Å². The van der Waals surface area contributed by atoms with Gasteiger partial charge in [0.15, 0.2) is 0 Å². The summed E-state index contributed by atoms with van der Waals surface area (Å²) in [6.45, 7) is 1.81. The van der Waals surface area contributed by atoms with Gasteiger partial charge in [0.25, 0.3) is 0 Å². The van der Waals surface area contributed by atoms with Crippen LogP contribution >= 0.6 is 0 Å². The van der Waals surface area contributed by atoms with Crippen LogP contribution in [0.2, 0.25) is 0 Å². The average molecular weight is 196 g/mol. The molecule has 4 heteroatoms. The minimum Gasteiger partial charge on any atom is -0.492 e. The van der Waals surface area contributed by atoms with E-state index in [1.165, 1.54) is 0 Å². The van der Waals surface area contributed by atoms with Crippen molar-refractivity contribution in [1.82, 2.24) is 4.98 Å². The number of nitrogens with two attached hydrogens (primary N) is 1. The van der Waals surface area contributed by atoms with Crippen molar-refractivity contribution < 1.29 is 9.47 Å². The van der Waals surface area contributed by atoms with E-state index in [4.69, 9.17) is 15.2 Å². The summed E-state index contributed by atoms with van der Waals surface area (Å²) in [7, 11) is 1.68. The van der Waals surface area contributed by atoms with E-state index in [0.29, 0.717) is 19.8 Å². The molecule has 0 atom stereocenters. The van der Waals surface area contributed by atoms with Gasteiger partial charge in [-0.3, -0.25) is 4.98 Å². The van der Waals surface area contributed by atoms with E-state index in [1.54, 1.807) is 19.5 Å². The SMILES string of the molecule is COCCCOc1cnccc1CN. The van der Waals surface area contributed by atoms with Gasteiger partial charge in [-0.25, -0.2) is 0 Å². The molecule has 0 fully saturated rings. The maximum Gasteiger partial charge on any atom is 0.142 e. The third-order valence-electron chi connectivity index (χ3n) is 1.84. The highest BCUT2D eigenvalue weighted by Gasteiger charge is 2.00. The average Bonchev–Trinajstić information content (AvgIpc) is 2.25. The van der Waals surface area contributed by atoms with Gasteiger partial charge < -0.3 is 15.2 Å². The molecule has 1 aromatic rings. The summed E-state index contributed by atoms with van der Waals surface area (Å²) in [5, 5.41) is 0. The van der Waals surface area contributed by atoms with E-state index in [0.717, 1.165) is 17.7 Å². The van der Waals surface area contributed by atoms with Crippen LogP contribution in [0.4, 0.5) is 0 Å². The molecule has 0 aliphatic heterocycles. The molecule has 0 aliphatic rings. The molecule has 0 saturated carbocycles. The lowest BCUT2D eigenvalue weighted by atomic mass is 10.2. The molecule has 0 unspecified atom stereocenters. The topological polar surface area (TPSA) is 57.4 Å². The first-order chi connectivity index (χ1) is 6.88. The molecule has 78 valence electrons. The highest BCUT2D eigenvalue weighted by Crippen LogP contribution is 2.15. The molecule has 4 nitrogen and oxygen atoms in total. The number of rotatable bonds is 6. The van der Waals surface area contributed by atoms with Gasteiger partial charge in [-0.2, -0.15) is 0 Å². The van der Waals surface area contributed by atoms with E-state index >= 15 is 0 Å². The van der Waals surface area contributed by atoms with Crippen molar-refractivity contribution in [3.8, 4) is 5.75 Å². The molecule has 0 bridgehead atoms. The molecule has 1 aromatic heterocycles. The summed E-state index contributed by atoms with van der Waals surface area (Å²) < 4.78 is 10.4. The highest BCUT2D eigenvalue weighted by molar-refractivity contribution is 5.29. The summed E-state index contributed by atoms with van der Waals surface area (Å²) in [4.78, 5) is 3.98.